The Hall–Kier alpha value is -2.23. The molecule has 3 rings (SSSR count). The molecule has 0 radical (unpaired) electrons. The van der Waals surface area contributed by atoms with Crippen molar-refractivity contribution >= 4 is 10.9 Å². The molecule has 4 nitrogen and oxygen atoms in total. The minimum atomic E-state index is 0.688. The number of hydrogen-bond donors (Lipinski definition) is 0. The van der Waals surface area contributed by atoms with Gasteiger partial charge in [0, 0.05) is 29.9 Å². The molecule has 0 fully saturated rings. The standard InChI is InChI=1S/C16H19N3O/c1-3-19-12-13(10-17-19)11-18-9-8-14-15(18)6-5-7-16(14)20-4-2/h5-10,12H,3-4,11H2,1-2H3. The van der Waals surface area contributed by atoms with Gasteiger partial charge in [0.2, 0.25) is 0 Å². The molecule has 1 aromatic carbocycles. The Balaban J connectivity index is 1.94. The number of aryl methyl sites for hydroxylation is 1. The smallest absolute Gasteiger partial charge is 0.128 e. The summed E-state index contributed by atoms with van der Waals surface area (Å²) in [5.74, 6) is 0.952. The fraction of sp³-hybridized carbons (Fsp3) is 0.312. The maximum atomic E-state index is 5.67. The van der Waals surface area contributed by atoms with Crippen molar-refractivity contribution < 1.29 is 4.74 Å². The number of benzene rings is 1. The zero-order chi connectivity index (χ0) is 13.9. The summed E-state index contributed by atoms with van der Waals surface area (Å²) in [5, 5.41) is 5.49. The predicted molar refractivity (Wildman–Crippen MR) is 80.1 cm³/mol. The molecule has 0 N–H and O–H groups in total. The van der Waals surface area contributed by atoms with Gasteiger partial charge >= 0.3 is 0 Å². The Bertz CT molecular complexity index is 711. The second-order valence-corrected chi connectivity index (χ2v) is 4.77. The zero-order valence-electron chi connectivity index (χ0n) is 11.9. The van der Waals surface area contributed by atoms with E-state index in [9.17, 15) is 0 Å². The molecule has 4 heteroatoms. The average molecular weight is 269 g/mol. The van der Waals surface area contributed by atoms with E-state index in [0.29, 0.717) is 6.61 Å². The van der Waals surface area contributed by atoms with Crippen LogP contribution >= 0.6 is 0 Å². The van der Waals surface area contributed by atoms with Crippen molar-refractivity contribution in [1.29, 1.82) is 0 Å². The number of fused-ring (bicyclic) bond motifs is 1. The van der Waals surface area contributed by atoms with E-state index in [0.717, 1.165) is 24.2 Å². The quantitative estimate of drug-likeness (QED) is 0.711. The number of nitrogens with zero attached hydrogens (tertiary/aromatic N) is 3. The number of ether oxygens (including phenoxy) is 1. The SMILES string of the molecule is CCOc1cccc2c1ccn2Cc1cnn(CC)c1. The molecule has 104 valence electrons. The van der Waals surface area contributed by atoms with Crippen molar-refractivity contribution in [2.45, 2.75) is 26.9 Å². The molecule has 20 heavy (non-hydrogen) atoms. The first-order chi connectivity index (χ1) is 9.81. The van der Waals surface area contributed by atoms with Crippen LogP contribution in [0.15, 0.2) is 42.9 Å². The van der Waals surface area contributed by atoms with E-state index < -0.39 is 0 Å². The fourth-order valence-corrected chi connectivity index (χ4v) is 2.47. The van der Waals surface area contributed by atoms with E-state index in [1.54, 1.807) is 0 Å². The van der Waals surface area contributed by atoms with Gasteiger partial charge in [-0.3, -0.25) is 4.68 Å². The molecule has 0 aliphatic heterocycles. The van der Waals surface area contributed by atoms with Crippen molar-refractivity contribution in [2.75, 3.05) is 6.61 Å². The highest BCUT2D eigenvalue weighted by atomic mass is 16.5. The third-order valence-corrected chi connectivity index (χ3v) is 3.44. The van der Waals surface area contributed by atoms with Crippen molar-refractivity contribution in [2.24, 2.45) is 0 Å². The first-order valence-electron chi connectivity index (χ1n) is 7.03. The van der Waals surface area contributed by atoms with Gasteiger partial charge in [-0.1, -0.05) is 6.07 Å². The summed E-state index contributed by atoms with van der Waals surface area (Å²) in [6.07, 6.45) is 6.14. The molecule has 2 aromatic heterocycles. The second kappa shape index (κ2) is 5.41. The van der Waals surface area contributed by atoms with Gasteiger partial charge in [0.1, 0.15) is 5.75 Å². The van der Waals surface area contributed by atoms with Gasteiger partial charge in [0.25, 0.3) is 0 Å². The van der Waals surface area contributed by atoms with Gasteiger partial charge in [-0.25, -0.2) is 0 Å². The summed E-state index contributed by atoms with van der Waals surface area (Å²) in [6, 6.07) is 8.30. The topological polar surface area (TPSA) is 32.0 Å². The van der Waals surface area contributed by atoms with Crippen LogP contribution in [0.4, 0.5) is 0 Å². The molecule has 0 saturated carbocycles. The summed E-state index contributed by atoms with van der Waals surface area (Å²) in [5.41, 5.74) is 2.41. The van der Waals surface area contributed by atoms with Crippen LogP contribution in [-0.2, 0) is 13.1 Å². The lowest BCUT2D eigenvalue weighted by molar-refractivity contribution is 0.344. The maximum absolute atomic E-state index is 5.67. The Labute approximate surface area is 118 Å². The van der Waals surface area contributed by atoms with Crippen molar-refractivity contribution in [3.63, 3.8) is 0 Å². The lowest BCUT2D eigenvalue weighted by Crippen LogP contribution is -1.98. The highest BCUT2D eigenvalue weighted by Crippen LogP contribution is 2.27. The van der Waals surface area contributed by atoms with Crippen LogP contribution in [0, 0.1) is 0 Å². The molecule has 2 heterocycles. The molecule has 3 aromatic rings. The molecule has 0 unspecified atom stereocenters. The summed E-state index contributed by atoms with van der Waals surface area (Å²) >= 11 is 0. The molecule has 0 atom stereocenters. The third kappa shape index (κ3) is 2.29. The average Bonchev–Trinajstić information content (AvgIpc) is 3.08. The predicted octanol–water partition coefficient (Wildman–Crippen LogP) is 3.30. The van der Waals surface area contributed by atoms with Gasteiger partial charge in [0.05, 0.1) is 24.9 Å². The Morgan fingerprint density at radius 3 is 2.85 bits per heavy atom. The van der Waals surface area contributed by atoms with Crippen molar-refractivity contribution in [3.8, 4) is 5.75 Å². The highest BCUT2D eigenvalue weighted by molar-refractivity contribution is 5.86. The lowest BCUT2D eigenvalue weighted by Gasteiger charge is -2.06. The Morgan fingerprint density at radius 2 is 2.10 bits per heavy atom. The second-order valence-electron chi connectivity index (χ2n) is 4.77. The molecule has 0 spiro atoms. The molecule has 0 saturated heterocycles. The lowest BCUT2D eigenvalue weighted by atomic mass is 10.2. The zero-order valence-corrected chi connectivity index (χ0v) is 11.9. The van der Waals surface area contributed by atoms with Crippen molar-refractivity contribution in [1.82, 2.24) is 14.3 Å². The third-order valence-electron chi connectivity index (χ3n) is 3.44. The molecular weight excluding hydrogens is 250 g/mol. The van der Waals surface area contributed by atoms with E-state index in [-0.39, 0.29) is 0 Å². The number of hydrogen-bond acceptors (Lipinski definition) is 2. The van der Waals surface area contributed by atoms with Gasteiger partial charge in [-0.05, 0) is 32.0 Å². The molecule has 0 aliphatic rings. The van der Waals surface area contributed by atoms with Gasteiger partial charge in [-0.2, -0.15) is 5.10 Å². The first-order valence-corrected chi connectivity index (χ1v) is 7.03. The van der Waals surface area contributed by atoms with Crippen LogP contribution in [-0.4, -0.2) is 21.0 Å². The van der Waals surface area contributed by atoms with E-state index in [1.165, 1.54) is 11.1 Å². The summed E-state index contributed by atoms with van der Waals surface area (Å²) in [6.45, 7) is 6.53. The maximum Gasteiger partial charge on any atom is 0.128 e. The van der Waals surface area contributed by atoms with E-state index in [2.05, 4.69) is 41.1 Å². The molecule has 0 bridgehead atoms. The van der Waals surface area contributed by atoms with Gasteiger partial charge in [0.15, 0.2) is 0 Å². The largest absolute Gasteiger partial charge is 0.493 e. The number of rotatable bonds is 5. The van der Waals surface area contributed by atoms with E-state index in [1.807, 2.05) is 29.9 Å². The van der Waals surface area contributed by atoms with Crippen LogP contribution in [0.2, 0.25) is 0 Å². The van der Waals surface area contributed by atoms with Crippen LogP contribution in [0.5, 0.6) is 5.75 Å². The normalized spacial score (nSPS) is 11.1. The van der Waals surface area contributed by atoms with E-state index in [4.69, 9.17) is 4.74 Å². The molecule has 0 aliphatic carbocycles. The van der Waals surface area contributed by atoms with Gasteiger partial charge < -0.3 is 9.30 Å². The van der Waals surface area contributed by atoms with Crippen molar-refractivity contribution in [3.05, 3.63) is 48.4 Å². The Morgan fingerprint density at radius 1 is 1.20 bits per heavy atom. The van der Waals surface area contributed by atoms with Crippen LogP contribution < -0.4 is 4.74 Å². The first kappa shape index (κ1) is 12.8. The van der Waals surface area contributed by atoms with Crippen LogP contribution in [0.1, 0.15) is 19.4 Å². The molecular formula is C16H19N3O. The minimum absolute atomic E-state index is 0.688. The van der Waals surface area contributed by atoms with Gasteiger partial charge in [-0.15, -0.1) is 0 Å². The Kier molecular flexibility index (Phi) is 3.46. The highest BCUT2D eigenvalue weighted by Gasteiger charge is 2.07. The van der Waals surface area contributed by atoms with Crippen LogP contribution in [0.25, 0.3) is 10.9 Å². The fourth-order valence-electron chi connectivity index (χ4n) is 2.47. The molecule has 0 amide bonds. The van der Waals surface area contributed by atoms with E-state index >= 15 is 0 Å². The number of aromatic nitrogens is 3. The monoisotopic (exact) mass is 269 g/mol. The summed E-state index contributed by atoms with van der Waals surface area (Å²) in [7, 11) is 0. The van der Waals surface area contributed by atoms with Crippen LogP contribution in [0.3, 0.4) is 0 Å². The summed E-state index contributed by atoms with van der Waals surface area (Å²) < 4.78 is 9.86. The summed E-state index contributed by atoms with van der Waals surface area (Å²) in [4.78, 5) is 0. The minimum Gasteiger partial charge on any atom is -0.493 e.